The molecule has 2 N–H and O–H groups in total. The molecular weight excluding hydrogens is 408 g/mol. The summed E-state index contributed by atoms with van der Waals surface area (Å²) in [4.78, 5) is 27.0. The third-order valence-electron chi connectivity index (χ3n) is 5.09. The van der Waals surface area contributed by atoms with Gasteiger partial charge in [-0.15, -0.1) is 11.3 Å². The van der Waals surface area contributed by atoms with E-state index >= 15 is 0 Å². The van der Waals surface area contributed by atoms with E-state index in [4.69, 9.17) is 16.0 Å². The molecule has 2 amide bonds. The molecule has 0 radical (unpaired) electrons. The molecule has 1 aliphatic rings. The number of benzene rings is 1. The van der Waals surface area contributed by atoms with Crippen molar-refractivity contribution < 1.29 is 14.0 Å². The molecule has 1 atom stereocenters. The maximum absolute atomic E-state index is 13.0. The monoisotopic (exact) mass is 428 g/mol. The summed E-state index contributed by atoms with van der Waals surface area (Å²) in [6.45, 7) is 2.51. The number of fused-ring (bicyclic) bond motifs is 1. The summed E-state index contributed by atoms with van der Waals surface area (Å²) >= 11 is 7.65. The summed E-state index contributed by atoms with van der Waals surface area (Å²) in [5.74, 6) is 0.718. The molecule has 0 bridgehead atoms. The highest BCUT2D eigenvalue weighted by Gasteiger charge is 2.28. The lowest BCUT2D eigenvalue weighted by Gasteiger charge is -2.18. The molecule has 0 spiro atoms. The average Bonchev–Trinajstić information content (AvgIpc) is 3.33. The summed E-state index contributed by atoms with van der Waals surface area (Å²) in [5.41, 5.74) is 1.99. The second-order valence-electron chi connectivity index (χ2n) is 7.25. The van der Waals surface area contributed by atoms with Crippen LogP contribution in [0.4, 0.5) is 5.00 Å². The van der Waals surface area contributed by atoms with E-state index in [0.717, 1.165) is 24.8 Å². The minimum absolute atomic E-state index is 0.206. The molecule has 2 aromatic heterocycles. The molecule has 0 saturated carbocycles. The van der Waals surface area contributed by atoms with Crippen molar-refractivity contribution in [1.82, 2.24) is 5.32 Å². The first-order valence-corrected chi connectivity index (χ1v) is 10.7. The summed E-state index contributed by atoms with van der Waals surface area (Å²) in [6, 6.07) is 10.5. The largest absolute Gasteiger partial charge is 0.467 e. The molecule has 1 aromatic carbocycles. The number of thiophene rings is 1. The van der Waals surface area contributed by atoms with E-state index in [2.05, 4.69) is 17.6 Å². The van der Waals surface area contributed by atoms with Gasteiger partial charge < -0.3 is 15.1 Å². The smallest absolute Gasteiger partial charge is 0.257 e. The lowest BCUT2D eigenvalue weighted by molar-refractivity contribution is 0.0948. The Bertz CT molecular complexity index is 1040. The fourth-order valence-corrected chi connectivity index (χ4v) is 5.19. The van der Waals surface area contributed by atoms with Crippen LogP contribution in [0.1, 0.15) is 50.3 Å². The van der Waals surface area contributed by atoms with Crippen LogP contribution in [0.3, 0.4) is 0 Å². The molecule has 0 saturated heterocycles. The van der Waals surface area contributed by atoms with Crippen LogP contribution in [-0.4, -0.2) is 11.8 Å². The Labute approximate surface area is 178 Å². The van der Waals surface area contributed by atoms with Crippen molar-refractivity contribution in [3.05, 3.63) is 75.0 Å². The SMILES string of the molecule is CC1CCc2c(sc(NC(=O)c3ccccc3Cl)c2C(=O)NCc2ccco2)C1. The van der Waals surface area contributed by atoms with Gasteiger partial charge in [0.25, 0.3) is 11.8 Å². The van der Waals surface area contributed by atoms with Crippen LogP contribution in [0.25, 0.3) is 0 Å². The third kappa shape index (κ3) is 4.23. The molecule has 5 nitrogen and oxygen atoms in total. The van der Waals surface area contributed by atoms with Crippen LogP contribution in [0, 0.1) is 5.92 Å². The summed E-state index contributed by atoms with van der Waals surface area (Å²) in [7, 11) is 0. The Kier molecular flexibility index (Phi) is 5.74. The lowest BCUT2D eigenvalue weighted by atomic mass is 9.88. The first kappa shape index (κ1) is 19.7. The first-order valence-electron chi connectivity index (χ1n) is 9.54. The Balaban J connectivity index is 1.63. The van der Waals surface area contributed by atoms with Crippen LogP contribution in [0.15, 0.2) is 47.1 Å². The van der Waals surface area contributed by atoms with E-state index in [0.29, 0.717) is 39.4 Å². The Hall–Kier alpha value is -2.57. The van der Waals surface area contributed by atoms with Gasteiger partial charge in [-0.1, -0.05) is 30.7 Å². The summed E-state index contributed by atoms with van der Waals surface area (Å²) < 4.78 is 5.30. The van der Waals surface area contributed by atoms with Gasteiger partial charge in [0.15, 0.2) is 0 Å². The second-order valence-corrected chi connectivity index (χ2v) is 8.76. The molecule has 2 heterocycles. The number of carbonyl (C=O) groups is 2. The Morgan fingerprint density at radius 3 is 2.79 bits per heavy atom. The summed E-state index contributed by atoms with van der Waals surface area (Å²) in [5, 5.41) is 6.79. The molecule has 3 aromatic rings. The van der Waals surface area contributed by atoms with Gasteiger partial charge in [-0.3, -0.25) is 9.59 Å². The van der Waals surface area contributed by atoms with Crippen LogP contribution < -0.4 is 10.6 Å². The highest BCUT2D eigenvalue weighted by molar-refractivity contribution is 7.17. The van der Waals surface area contributed by atoms with E-state index in [-0.39, 0.29) is 11.8 Å². The fourth-order valence-electron chi connectivity index (χ4n) is 3.56. The Morgan fingerprint density at radius 2 is 2.03 bits per heavy atom. The maximum atomic E-state index is 13.0. The number of carbonyl (C=O) groups excluding carboxylic acids is 2. The van der Waals surface area contributed by atoms with E-state index in [1.807, 2.05) is 6.07 Å². The van der Waals surface area contributed by atoms with Crippen molar-refractivity contribution in [1.29, 1.82) is 0 Å². The lowest BCUT2D eigenvalue weighted by Crippen LogP contribution is -2.25. The number of rotatable bonds is 5. The standard InChI is InChI=1S/C22H21ClN2O3S/c1-13-8-9-16-18(11-13)29-22(25-20(26)15-6-2-3-7-17(15)23)19(16)21(27)24-12-14-5-4-10-28-14/h2-7,10,13H,8-9,11-12H2,1H3,(H,24,27)(H,25,26). The molecule has 7 heteroatoms. The van der Waals surface area contributed by atoms with Crippen molar-refractivity contribution >= 4 is 39.8 Å². The molecule has 150 valence electrons. The highest BCUT2D eigenvalue weighted by atomic mass is 35.5. The molecule has 1 unspecified atom stereocenters. The van der Waals surface area contributed by atoms with Crippen molar-refractivity contribution in [2.45, 2.75) is 32.7 Å². The molecule has 29 heavy (non-hydrogen) atoms. The van der Waals surface area contributed by atoms with Crippen molar-refractivity contribution in [2.75, 3.05) is 5.32 Å². The van der Waals surface area contributed by atoms with Gasteiger partial charge in [0.2, 0.25) is 0 Å². The van der Waals surface area contributed by atoms with E-state index in [9.17, 15) is 9.59 Å². The molecule has 0 aliphatic heterocycles. The van der Waals surface area contributed by atoms with Crippen LogP contribution in [0.5, 0.6) is 0 Å². The minimum atomic E-state index is -0.317. The number of nitrogens with one attached hydrogen (secondary N) is 2. The maximum Gasteiger partial charge on any atom is 0.257 e. The predicted molar refractivity (Wildman–Crippen MR) is 115 cm³/mol. The topological polar surface area (TPSA) is 71.3 Å². The third-order valence-corrected chi connectivity index (χ3v) is 6.59. The van der Waals surface area contributed by atoms with Crippen molar-refractivity contribution in [2.24, 2.45) is 5.92 Å². The van der Waals surface area contributed by atoms with Crippen molar-refractivity contribution in [3.63, 3.8) is 0 Å². The zero-order chi connectivity index (χ0) is 20.4. The van der Waals surface area contributed by atoms with E-state index < -0.39 is 0 Å². The zero-order valence-electron chi connectivity index (χ0n) is 16.0. The molecular formula is C22H21ClN2O3S. The highest BCUT2D eigenvalue weighted by Crippen LogP contribution is 2.40. The van der Waals surface area contributed by atoms with Gasteiger partial charge in [0.05, 0.1) is 29.0 Å². The van der Waals surface area contributed by atoms with Crippen LogP contribution in [0.2, 0.25) is 5.02 Å². The number of amides is 2. The van der Waals surface area contributed by atoms with Gasteiger partial charge in [0, 0.05) is 4.88 Å². The van der Waals surface area contributed by atoms with E-state index in [1.54, 1.807) is 36.6 Å². The fraction of sp³-hybridized carbons (Fsp3) is 0.273. The van der Waals surface area contributed by atoms with Crippen LogP contribution in [-0.2, 0) is 19.4 Å². The minimum Gasteiger partial charge on any atom is -0.467 e. The number of anilines is 1. The normalized spacial score (nSPS) is 15.6. The quantitative estimate of drug-likeness (QED) is 0.579. The first-order chi connectivity index (χ1) is 14.0. The van der Waals surface area contributed by atoms with Crippen molar-refractivity contribution in [3.8, 4) is 0 Å². The molecule has 4 rings (SSSR count). The van der Waals surface area contributed by atoms with Gasteiger partial charge in [-0.05, 0) is 55.0 Å². The summed E-state index contributed by atoms with van der Waals surface area (Å²) in [6.07, 6.45) is 4.35. The van der Waals surface area contributed by atoms with Gasteiger partial charge in [-0.25, -0.2) is 0 Å². The predicted octanol–water partition coefficient (Wildman–Crippen LogP) is 5.30. The molecule has 0 fully saturated rings. The number of halogens is 1. The van der Waals surface area contributed by atoms with E-state index in [1.165, 1.54) is 16.2 Å². The number of hydrogen-bond donors (Lipinski definition) is 2. The Morgan fingerprint density at radius 1 is 1.21 bits per heavy atom. The number of furan rings is 1. The average molecular weight is 429 g/mol. The van der Waals surface area contributed by atoms with Crippen LogP contribution >= 0.6 is 22.9 Å². The van der Waals surface area contributed by atoms with Gasteiger partial charge in [-0.2, -0.15) is 0 Å². The zero-order valence-corrected chi connectivity index (χ0v) is 17.5. The number of hydrogen-bond acceptors (Lipinski definition) is 4. The second kappa shape index (κ2) is 8.43. The van der Waals surface area contributed by atoms with Gasteiger partial charge >= 0.3 is 0 Å². The van der Waals surface area contributed by atoms with Gasteiger partial charge in [0.1, 0.15) is 10.8 Å². The molecule has 1 aliphatic carbocycles.